The minimum Gasteiger partial charge on any atom is -0.350 e. The third kappa shape index (κ3) is 2.12. The Kier molecular flexibility index (Phi) is 2.61. The number of ether oxygens (including phenoxy) is 2. The van der Waals surface area contributed by atoms with E-state index in [1.807, 2.05) is 0 Å². The van der Waals surface area contributed by atoms with Gasteiger partial charge in [0.2, 0.25) is 0 Å². The normalized spacial score (nSPS) is 35.8. The molecular weight excluding hydrogens is 176 g/mol. The predicted molar refractivity (Wildman–Crippen MR) is 56.0 cm³/mol. The average molecular weight is 198 g/mol. The maximum Gasteiger partial charge on any atom is 0.169 e. The third-order valence-corrected chi connectivity index (χ3v) is 3.33. The smallest absolute Gasteiger partial charge is 0.169 e. The lowest BCUT2D eigenvalue weighted by atomic mass is 9.69. The van der Waals surface area contributed by atoms with Crippen molar-refractivity contribution in [3.8, 4) is 0 Å². The second-order valence-corrected chi connectivity index (χ2v) is 5.82. The Morgan fingerprint density at radius 2 is 1.71 bits per heavy atom. The van der Waals surface area contributed by atoms with Crippen LogP contribution < -0.4 is 0 Å². The van der Waals surface area contributed by atoms with E-state index in [0.717, 1.165) is 38.4 Å². The van der Waals surface area contributed by atoms with Gasteiger partial charge in [0.15, 0.2) is 5.79 Å². The lowest BCUT2D eigenvalue weighted by molar-refractivity contribution is -0.298. The van der Waals surface area contributed by atoms with E-state index < -0.39 is 0 Å². The van der Waals surface area contributed by atoms with Gasteiger partial charge in [-0.2, -0.15) is 0 Å². The van der Waals surface area contributed by atoms with Gasteiger partial charge in [-0.3, -0.25) is 0 Å². The molecule has 0 amide bonds. The molecule has 1 saturated heterocycles. The number of hydrogen-bond acceptors (Lipinski definition) is 2. The Labute approximate surface area is 87.0 Å². The molecule has 2 aliphatic rings. The second-order valence-electron chi connectivity index (χ2n) is 5.82. The van der Waals surface area contributed by atoms with Crippen LogP contribution in [0.15, 0.2) is 0 Å². The van der Waals surface area contributed by atoms with E-state index in [0.29, 0.717) is 5.41 Å². The molecule has 0 unspecified atom stereocenters. The van der Waals surface area contributed by atoms with Gasteiger partial charge in [-0.05, 0) is 24.2 Å². The highest BCUT2D eigenvalue weighted by molar-refractivity contribution is 4.89. The monoisotopic (exact) mass is 198 g/mol. The van der Waals surface area contributed by atoms with E-state index >= 15 is 0 Å². The van der Waals surface area contributed by atoms with Gasteiger partial charge in [-0.15, -0.1) is 0 Å². The summed E-state index contributed by atoms with van der Waals surface area (Å²) in [5, 5.41) is 0. The van der Waals surface area contributed by atoms with Crippen molar-refractivity contribution >= 4 is 0 Å². The van der Waals surface area contributed by atoms with Crippen molar-refractivity contribution in [2.24, 2.45) is 11.3 Å². The molecule has 0 radical (unpaired) electrons. The van der Waals surface area contributed by atoms with Crippen LogP contribution in [0, 0.1) is 11.3 Å². The topological polar surface area (TPSA) is 18.5 Å². The maximum atomic E-state index is 5.89. The first-order chi connectivity index (χ1) is 6.52. The second kappa shape index (κ2) is 3.49. The number of hydrogen-bond donors (Lipinski definition) is 0. The van der Waals surface area contributed by atoms with Gasteiger partial charge in [0.25, 0.3) is 0 Å². The van der Waals surface area contributed by atoms with Crippen LogP contribution in [0.25, 0.3) is 0 Å². The largest absolute Gasteiger partial charge is 0.350 e. The lowest BCUT2D eigenvalue weighted by Gasteiger charge is -2.48. The third-order valence-electron chi connectivity index (χ3n) is 3.33. The highest BCUT2D eigenvalue weighted by Crippen LogP contribution is 2.47. The fourth-order valence-corrected chi connectivity index (χ4v) is 3.26. The van der Waals surface area contributed by atoms with E-state index in [9.17, 15) is 0 Å². The fraction of sp³-hybridized carbons (Fsp3) is 1.00. The summed E-state index contributed by atoms with van der Waals surface area (Å²) in [7, 11) is 0. The Morgan fingerprint density at radius 3 is 2.29 bits per heavy atom. The molecule has 1 spiro atoms. The van der Waals surface area contributed by atoms with Crippen LogP contribution in [-0.2, 0) is 9.47 Å². The maximum absolute atomic E-state index is 5.89. The van der Waals surface area contributed by atoms with Crippen LogP contribution in [0.1, 0.15) is 46.5 Å². The van der Waals surface area contributed by atoms with Gasteiger partial charge in [0, 0.05) is 12.8 Å². The average Bonchev–Trinajstić information content (AvgIpc) is 2.00. The molecule has 82 valence electrons. The Bertz CT molecular complexity index is 204. The highest BCUT2D eigenvalue weighted by atomic mass is 16.7. The standard InChI is InChI=1S/C12H22O2/c1-10-7-11(2,3)9-12(8-10)13-5-4-6-14-12/h10H,4-9H2,1-3H3/t10-/m1/s1. The van der Waals surface area contributed by atoms with Crippen molar-refractivity contribution < 1.29 is 9.47 Å². The summed E-state index contributed by atoms with van der Waals surface area (Å²) in [6, 6.07) is 0. The van der Waals surface area contributed by atoms with Crippen molar-refractivity contribution in [2.75, 3.05) is 13.2 Å². The summed E-state index contributed by atoms with van der Waals surface area (Å²) < 4.78 is 11.8. The van der Waals surface area contributed by atoms with Crippen molar-refractivity contribution in [3.05, 3.63) is 0 Å². The molecule has 0 N–H and O–H groups in total. The van der Waals surface area contributed by atoms with Gasteiger partial charge < -0.3 is 9.47 Å². The lowest BCUT2D eigenvalue weighted by Crippen LogP contribution is -2.48. The molecule has 0 aromatic rings. The van der Waals surface area contributed by atoms with Crippen molar-refractivity contribution in [2.45, 2.75) is 52.2 Å². The van der Waals surface area contributed by atoms with Crippen LogP contribution in [0.3, 0.4) is 0 Å². The van der Waals surface area contributed by atoms with Crippen molar-refractivity contribution in [1.29, 1.82) is 0 Å². The van der Waals surface area contributed by atoms with Crippen molar-refractivity contribution in [1.82, 2.24) is 0 Å². The molecule has 14 heavy (non-hydrogen) atoms. The van der Waals surface area contributed by atoms with Gasteiger partial charge in [0.1, 0.15) is 0 Å². The molecule has 0 bridgehead atoms. The van der Waals surface area contributed by atoms with Gasteiger partial charge >= 0.3 is 0 Å². The molecule has 2 fully saturated rings. The molecule has 0 aromatic heterocycles. The minimum atomic E-state index is -0.237. The molecule has 1 heterocycles. The molecule has 1 saturated carbocycles. The van der Waals surface area contributed by atoms with Crippen LogP contribution in [0.2, 0.25) is 0 Å². The van der Waals surface area contributed by atoms with Crippen LogP contribution in [0.5, 0.6) is 0 Å². The summed E-state index contributed by atoms with van der Waals surface area (Å²) in [4.78, 5) is 0. The zero-order valence-corrected chi connectivity index (χ0v) is 9.64. The fourth-order valence-electron chi connectivity index (χ4n) is 3.26. The zero-order valence-electron chi connectivity index (χ0n) is 9.64. The zero-order chi connectivity index (χ0) is 10.2. The first-order valence-electron chi connectivity index (χ1n) is 5.79. The van der Waals surface area contributed by atoms with Gasteiger partial charge in [-0.1, -0.05) is 20.8 Å². The van der Waals surface area contributed by atoms with Crippen LogP contribution in [0.4, 0.5) is 0 Å². The molecule has 1 aliphatic heterocycles. The summed E-state index contributed by atoms with van der Waals surface area (Å²) in [6.07, 6.45) is 4.48. The quantitative estimate of drug-likeness (QED) is 0.596. The van der Waals surface area contributed by atoms with E-state index in [2.05, 4.69) is 20.8 Å². The molecule has 1 aliphatic carbocycles. The Morgan fingerprint density at radius 1 is 1.07 bits per heavy atom. The minimum absolute atomic E-state index is 0.237. The highest BCUT2D eigenvalue weighted by Gasteiger charge is 2.45. The molecule has 1 atom stereocenters. The Balaban J connectivity index is 2.10. The van der Waals surface area contributed by atoms with E-state index in [1.54, 1.807) is 0 Å². The van der Waals surface area contributed by atoms with E-state index in [-0.39, 0.29) is 5.79 Å². The molecular formula is C12H22O2. The summed E-state index contributed by atoms with van der Waals surface area (Å²) >= 11 is 0. The predicted octanol–water partition coefficient (Wildman–Crippen LogP) is 2.97. The van der Waals surface area contributed by atoms with Crippen molar-refractivity contribution in [3.63, 3.8) is 0 Å². The SMILES string of the molecule is C[C@@H]1CC(C)(C)CC2(C1)OCCCO2. The molecule has 0 aromatic carbocycles. The summed E-state index contributed by atoms with van der Waals surface area (Å²) in [6.45, 7) is 8.72. The first kappa shape index (κ1) is 10.4. The van der Waals surface area contributed by atoms with E-state index in [1.165, 1.54) is 6.42 Å². The Hall–Kier alpha value is -0.0800. The molecule has 2 nitrogen and oxygen atoms in total. The molecule has 2 rings (SSSR count). The first-order valence-corrected chi connectivity index (χ1v) is 5.79. The van der Waals surface area contributed by atoms with E-state index in [4.69, 9.17) is 9.47 Å². The van der Waals surface area contributed by atoms with Gasteiger partial charge in [-0.25, -0.2) is 0 Å². The van der Waals surface area contributed by atoms with Gasteiger partial charge in [0.05, 0.1) is 13.2 Å². The summed E-state index contributed by atoms with van der Waals surface area (Å²) in [5.41, 5.74) is 0.370. The summed E-state index contributed by atoms with van der Waals surface area (Å²) in [5.74, 6) is 0.483. The number of rotatable bonds is 0. The van der Waals surface area contributed by atoms with Crippen LogP contribution in [-0.4, -0.2) is 19.0 Å². The van der Waals surface area contributed by atoms with Crippen LogP contribution >= 0.6 is 0 Å². The molecule has 2 heteroatoms.